The Labute approximate surface area is 115 Å². The van der Waals surface area contributed by atoms with E-state index in [1.807, 2.05) is 25.1 Å². The molecule has 0 bridgehead atoms. The maximum absolute atomic E-state index is 11.6. The molecular formula is C13H16INO2. The highest BCUT2D eigenvalue weighted by atomic mass is 127. The summed E-state index contributed by atoms with van der Waals surface area (Å²) in [7, 11) is 0. The Kier molecular flexibility index (Phi) is 4.25. The number of carbonyl (C=O) groups excluding carboxylic acids is 1. The Morgan fingerprint density at radius 1 is 1.41 bits per heavy atom. The van der Waals surface area contributed by atoms with Gasteiger partial charge in [0.05, 0.1) is 17.9 Å². The second-order valence-corrected chi connectivity index (χ2v) is 5.24. The largest absolute Gasteiger partial charge is 0.462 e. The standard InChI is InChI=1S/C13H16INO2/c1-2-17-13(16)10-5-6-12(11(14)9-10)15-7-3-4-8-15/h5-6,9H,2-4,7-8H2,1H3. The number of esters is 1. The van der Waals surface area contributed by atoms with Crippen LogP contribution in [0.15, 0.2) is 18.2 Å². The number of carbonyl (C=O) groups is 1. The van der Waals surface area contributed by atoms with Crippen molar-refractivity contribution in [2.75, 3.05) is 24.6 Å². The zero-order valence-electron chi connectivity index (χ0n) is 9.91. The van der Waals surface area contributed by atoms with Crippen molar-refractivity contribution in [3.05, 3.63) is 27.3 Å². The number of nitrogens with zero attached hydrogens (tertiary/aromatic N) is 1. The topological polar surface area (TPSA) is 29.5 Å². The smallest absolute Gasteiger partial charge is 0.338 e. The number of anilines is 1. The van der Waals surface area contributed by atoms with E-state index in [2.05, 4.69) is 27.5 Å². The lowest BCUT2D eigenvalue weighted by molar-refractivity contribution is 0.0526. The minimum Gasteiger partial charge on any atom is -0.462 e. The first-order chi connectivity index (χ1) is 8.22. The Morgan fingerprint density at radius 3 is 2.71 bits per heavy atom. The van der Waals surface area contributed by atoms with Gasteiger partial charge in [-0.15, -0.1) is 0 Å². The lowest BCUT2D eigenvalue weighted by Crippen LogP contribution is -2.19. The van der Waals surface area contributed by atoms with Gasteiger partial charge in [0.2, 0.25) is 0 Å². The minimum absolute atomic E-state index is 0.238. The molecule has 0 N–H and O–H groups in total. The number of benzene rings is 1. The average Bonchev–Trinajstić information content (AvgIpc) is 2.82. The summed E-state index contributed by atoms with van der Waals surface area (Å²) in [6.07, 6.45) is 2.52. The van der Waals surface area contributed by atoms with Crippen molar-refractivity contribution in [1.29, 1.82) is 0 Å². The van der Waals surface area contributed by atoms with E-state index in [-0.39, 0.29) is 5.97 Å². The summed E-state index contributed by atoms with van der Waals surface area (Å²) in [4.78, 5) is 14.0. The first kappa shape index (κ1) is 12.7. The highest BCUT2D eigenvalue weighted by Gasteiger charge is 2.16. The summed E-state index contributed by atoms with van der Waals surface area (Å²) in [5, 5.41) is 0. The molecule has 92 valence electrons. The van der Waals surface area contributed by atoms with Gasteiger partial charge >= 0.3 is 5.97 Å². The van der Waals surface area contributed by atoms with E-state index in [0.29, 0.717) is 12.2 Å². The second kappa shape index (κ2) is 5.71. The van der Waals surface area contributed by atoms with Gasteiger partial charge in [0.25, 0.3) is 0 Å². The van der Waals surface area contributed by atoms with Gasteiger partial charge < -0.3 is 9.64 Å². The van der Waals surface area contributed by atoms with Crippen LogP contribution in [0.2, 0.25) is 0 Å². The van der Waals surface area contributed by atoms with Gasteiger partial charge in [-0.3, -0.25) is 0 Å². The molecule has 0 atom stereocenters. The van der Waals surface area contributed by atoms with Crippen LogP contribution in [0.3, 0.4) is 0 Å². The molecule has 1 fully saturated rings. The van der Waals surface area contributed by atoms with E-state index in [1.54, 1.807) is 0 Å². The van der Waals surface area contributed by atoms with Crippen LogP contribution >= 0.6 is 22.6 Å². The number of rotatable bonds is 3. The maximum Gasteiger partial charge on any atom is 0.338 e. The highest BCUT2D eigenvalue weighted by molar-refractivity contribution is 14.1. The van der Waals surface area contributed by atoms with Gasteiger partial charge in [0.15, 0.2) is 0 Å². The summed E-state index contributed by atoms with van der Waals surface area (Å²) in [6.45, 7) is 4.48. The zero-order chi connectivity index (χ0) is 12.3. The summed E-state index contributed by atoms with van der Waals surface area (Å²) >= 11 is 2.29. The third-order valence-electron chi connectivity index (χ3n) is 2.91. The Hall–Kier alpha value is -0.780. The van der Waals surface area contributed by atoms with E-state index in [9.17, 15) is 4.79 Å². The molecule has 1 aliphatic rings. The molecule has 0 unspecified atom stereocenters. The fraction of sp³-hybridized carbons (Fsp3) is 0.462. The van der Waals surface area contributed by atoms with Crippen molar-refractivity contribution in [1.82, 2.24) is 0 Å². The van der Waals surface area contributed by atoms with Crippen molar-refractivity contribution in [2.24, 2.45) is 0 Å². The predicted octanol–water partition coefficient (Wildman–Crippen LogP) is 3.07. The van der Waals surface area contributed by atoms with Crippen molar-refractivity contribution >= 4 is 34.2 Å². The first-order valence-corrected chi connectivity index (χ1v) is 7.02. The third-order valence-corrected chi connectivity index (χ3v) is 3.77. The lowest BCUT2D eigenvalue weighted by atomic mass is 10.2. The van der Waals surface area contributed by atoms with Crippen molar-refractivity contribution in [3.8, 4) is 0 Å². The van der Waals surface area contributed by atoms with E-state index >= 15 is 0 Å². The molecule has 4 heteroatoms. The van der Waals surface area contributed by atoms with E-state index < -0.39 is 0 Å². The number of hydrogen-bond acceptors (Lipinski definition) is 3. The van der Waals surface area contributed by atoms with E-state index in [0.717, 1.165) is 16.7 Å². The molecule has 0 aliphatic carbocycles. The summed E-state index contributed by atoms with van der Waals surface area (Å²) in [5.74, 6) is -0.238. The molecule has 3 nitrogen and oxygen atoms in total. The lowest BCUT2D eigenvalue weighted by Gasteiger charge is -2.19. The number of ether oxygens (including phenoxy) is 1. The summed E-state index contributed by atoms with van der Waals surface area (Å²) in [6, 6.07) is 5.79. The SMILES string of the molecule is CCOC(=O)c1ccc(N2CCCC2)c(I)c1. The monoisotopic (exact) mass is 345 g/mol. The van der Waals surface area contributed by atoms with Crippen LogP contribution in [0.5, 0.6) is 0 Å². The van der Waals surface area contributed by atoms with Crippen LogP contribution in [0.25, 0.3) is 0 Å². The molecule has 1 heterocycles. The van der Waals surface area contributed by atoms with Crippen LogP contribution < -0.4 is 4.90 Å². The molecule has 1 saturated heterocycles. The maximum atomic E-state index is 11.6. The predicted molar refractivity (Wildman–Crippen MR) is 76.6 cm³/mol. The van der Waals surface area contributed by atoms with Crippen molar-refractivity contribution in [2.45, 2.75) is 19.8 Å². The molecule has 2 rings (SSSR count). The molecule has 0 radical (unpaired) electrons. The first-order valence-electron chi connectivity index (χ1n) is 5.94. The molecule has 0 amide bonds. The van der Waals surface area contributed by atoms with Crippen LogP contribution in [0.1, 0.15) is 30.1 Å². The number of hydrogen-bond donors (Lipinski definition) is 0. The molecule has 0 spiro atoms. The average molecular weight is 345 g/mol. The quantitative estimate of drug-likeness (QED) is 0.623. The van der Waals surface area contributed by atoms with E-state index in [4.69, 9.17) is 4.74 Å². The van der Waals surface area contributed by atoms with E-state index in [1.165, 1.54) is 18.5 Å². The van der Waals surface area contributed by atoms with Crippen LogP contribution in [0.4, 0.5) is 5.69 Å². The fourth-order valence-electron chi connectivity index (χ4n) is 2.06. The molecule has 0 saturated carbocycles. The molecule has 1 aromatic carbocycles. The Morgan fingerprint density at radius 2 is 2.12 bits per heavy atom. The van der Waals surface area contributed by atoms with Crippen LogP contribution in [-0.4, -0.2) is 25.7 Å². The van der Waals surface area contributed by atoms with Gasteiger partial charge in [-0.2, -0.15) is 0 Å². The van der Waals surface area contributed by atoms with Gasteiger partial charge in [0.1, 0.15) is 0 Å². The van der Waals surface area contributed by atoms with Crippen LogP contribution in [0, 0.1) is 3.57 Å². The van der Waals surface area contributed by atoms with Gasteiger partial charge in [0, 0.05) is 16.7 Å². The summed E-state index contributed by atoms with van der Waals surface area (Å²) < 4.78 is 6.11. The van der Waals surface area contributed by atoms with Crippen molar-refractivity contribution < 1.29 is 9.53 Å². The minimum atomic E-state index is -0.238. The molecular weight excluding hydrogens is 329 g/mol. The highest BCUT2D eigenvalue weighted by Crippen LogP contribution is 2.27. The van der Waals surface area contributed by atoms with Crippen LogP contribution in [-0.2, 0) is 4.74 Å². The van der Waals surface area contributed by atoms with Gasteiger partial charge in [-0.05, 0) is 60.6 Å². The molecule has 17 heavy (non-hydrogen) atoms. The molecule has 1 aromatic rings. The van der Waals surface area contributed by atoms with Gasteiger partial charge in [-0.1, -0.05) is 0 Å². The number of halogens is 1. The second-order valence-electron chi connectivity index (χ2n) is 4.08. The zero-order valence-corrected chi connectivity index (χ0v) is 12.1. The van der Waals surface area contributed by atoms with Crippen molar-refractivity contribution in [3.63, 3.8) is 0 Å². The Balaban J connectivity index is 2.19. The summed E-state index contributed by atoms with van der Waals surface area (Å²) in [5.41, 5.74) is 1.87. The van der Waals surface area contributed by atoms with Gasteiger partial charge in [-0.25, -0.2) is 4.79 Å². The third kappa shape index (κ3) is 2.91. The molecule has 0 aromatic heterocycles. The fourth-order valence-corrected chi connectivity index (χ4v) is 2.92. The normalized spacial score (nSPS) is 15.1. The molecule has 1 aliphatic heterocycles. The Bertz CT molecular complexity index is 414.